The van der Waals surface area contributed by atoms with Crippen LogP contribution in [0.2, 0.25) is 5.02 Å². The molecule has 0 bridgehead atoms. The van der Waals surface area contributed by atoms with Gasteiger partial charge in [0.2, 0.25) is 0 Å². The number of hydrogen-bond donors (Lipinski definition) is 1. The molecule has 1 aliphatic rings. The molecule has 3 nitrogen and oxygen atoms in total. The fourth-order valence-corrected chi connectivity index (χ4v) is 2.50. The summed E-state index contributed by atoms with van der Waals surface area (Å²) in [5.74, 6) is 0.644. The molecule has 4 heteroatoms. The van der Waals surface area contributed by atoms with E-state index in [2.05, 4.69) is 0 Å². The summed E-state index contributed by atoms with van der Waals surface area (Å²) in [6, 6.07) is 5.25. The van der Waals surface area contributed by atoms with Gasteiger partial charge in [0.1, 0.15) is 11.9 Å². The predicted molar refractivity (Wildman–Crippen MR) is 66.6 cm³/mol. The minimum atomic E-state index is -0.699. The van der Waals surface area contributed by atoms with Gasteiger partial charge in [-0.25, -0.2) is 0 Å². The number of ether oxygens (including phenoxy) is 2. The van der Waals surface area contributed by atoms with E-state index in [1.54, 1.807) is 32.4 Å². The van der Waals surface area contributed by atoms with E-state index in [-0.39, 0.29) is 0 Å². The van der Waals surface area contributed by atoms with Crippen LogP contribution in [0.25, 0.3) is 0 Å². The van der Waals surface area contributed by atoms with E-state index in [0.717, 1.165) is 19.3 Å². The van der Waals surface area contributed by atoms with Crippen molar-refractivity contribution in [2.75, 3.05) is 14.2 Å². The van der Waals surface area contributed by atoms with Gasteiger partial charge in [0.15, 0.2) is 0 Å². The Hall–Kier alpha value is -0.770. The van der Waals surface area contributed by atoms with Gasteiger partial charge in [0.05, 0.1) is 12.7 Å². The summed E-state index contributed by atoms with van der Waals surface area (Å²) in [6.07, 6.45) is 2.10. The largest absolute Gasteiger partial charge is 0.496 e. The highest BCUT2D eigenvalue weighted by molar-refractivity contribution is 6.30. The van der Waals surface area contributed by atoms with Gasteiger partial charge in [0, 0.05) is 17.7 Å². The Balaban J connectivity index is 2.35. The number of aliphatic hydroxyl groups is 1. The third-order valence-electron chi connectivity index (χ3n) is 3.59. The summed E-state index contributed by atoms with van der Waals surface area (Å²) >= 11 is 5.96. The highest BCUT2D eigenvalue weighted by Gasteiger charge is 2.45. The van der Waals surface area contributed by atoms with Crippen LogP contribution in [-0.2, 0) is 4.74 Å². The summed E-state index contributed by atoms with van der Waals surface area (Å²) in [5.41, 5.74) is 0.222. The van der Waals surface area contributed by atoms with Crippen LogP contribution in [0.1, 0.15) is 30.9 Å². The lowest BCUT2D eigenvalue weighted by Gasteiger charge is -2.44. The summed E-state index contributed by atoms with van der Waals surface area (Å²) in [4.78, 5) is 0. The second kappa shape index (κ2) is 4.84. The Morgan fingerprint density at radius 3 is 2.53 bits per heavy atom. The zero-order valence-corrected chi connectivity index (χ0v) is 10.8. The highest BCUT2D eigenvalue weighted by atomic mass is 35.5. The zero-order valence-electron chi connectivity index (χ0n) is 10.1. The molecular weight excluding hydrogens is 240 g/mol. The molecular formula is C13H17ClO3. The van der Waals surface area contributed by atoms with Crippen molar-refractivity contribution >= 4 is 11.6 Å². The van der Waals surface area contributed by atoms with Gasteiger partial charge in [-0.05, 0) is 37.5 Å². The fraction of sp³-hybridized carbons (Fsp3) is 0.538. The second-order valence-electron chi connectivity index (χ2n) is 4.41. The van der Waals surface area contributed by atoms with E-state index in [1.165, 1.54) is 0 Å². The Morgan fingerprint density at radius 1 is 1.35 bits per heavy atom. The molecule has 0 radical (unpaired) electrons. The molecule has 1 fully saturated rings. The molecule has 0 heterocycles. The van der Waals surface area contributed by atoms with E-state index in [4.69, 9.17) is 21.1 Å². The quantitative estimate of drug-likeness (QED) is 0.900. The van der Waals surface area contributed by atoms with Crippen LogP contribution in [0, 0.1) is 0 Å². The van der Waals surface area contributed by atoms with Gasteiger partial charge >= 0.3 is 0 Å². The third kappa shape index (κ3) is 2.15. The normalized spacial score (nSPS) is 19.5. The second-order valence-corrected chi connectivity index (χ2v) is 4.85. The summed E-state index contributed by atoms with van der Waals surface area (Å²) in [6.45, 7) is 0. The lowest BCUT2D eigenvalue weighted by molar-refractivity contribution is -0.152. The van der Waals surface area contributed by atoms with Crippen LogP contribution in [0.4, 0.5) is 0 Å². The number of benzene rings is 1. The van der Waals surface area contributed by atoms with E-state index in [0.29, 0.717) is 16.3 Å². The van der Waals surface area contributed by atoms with Crippen molar-refractivity contribution in [2.24, 2.45) is 0 Å². The third-order valence-corrected chi connectivity index (χ3v) is 3.83. The topological polar surface area (TPSA) is 38.7 Å². The molecule has 0 aromatic heterocycles. The van der Waals surface area contributed by atoms with Gasteiger partial charge in [0.25, 0.3) is 0 Å². The summed E-state index contributed by atoms with van der Waals surface area (Å²) < 4.78 is 10.7. The van der Waals surface area contributed by atoms with E-state index >= 15 is 0 Å². The molecule has 1 atom stereocenters. The molecule has 1 saturated carbocycles. The van der Waals surface area contributed by atoms with Crippen LogP contribution < -0.4 is 4.74 Å². The summed E-state index contributed by atoms with van der Waals surface area (Å²) in [7, 11) is 3.22. The highest BCUT2D eigenvalue weighted by Crippen LogP contribution is 2.47. The molecule has 1 unspecified atom stereocenters. The van der Waals surface area contributed by atoms with Gasteiger partial charge < -0.3 is 14.6 Å². The van der Waals surface area contributed by atoms with Crippen molar-refractivity contribution in [3.05, 3.63) is 28.8 Å². The number of methoxy groups -OCH3 is 2. The van der Waals surface area contributed by atoms with Crippen LogP contribution in [0.3, 0.4) is 0 Å². The van der Waals surface area contributed by atoms with Gasteiger partial charge in [-0.1, -0.05) is 11.6 Å². The monoisotopic (exact) mass is 256 g/mol. The van der Waals surface area contributed by atoms with E-state index in [9.17, 15) is 5.11 Å². The minimum Gasteiger partial charge on any atom is -0.496 e. The van der Waals surface area contributed by atoms with Crippen LogP contribution in [0.15, 0.2) is 18.2 Å². The van der Waals surface area contributed by atoms with E-state index < -0.39 is 11.7 Å². The van der Waals surface area contributed by atoms with Crippen molar-refractivity contribution in [2.45, 2.75) is 31.0 Å². The number of rotatable bonds is 4. The first-order valence-corrected chi connectivity index (χ1v) is 6.07. The number of hydrogen-bond acceptors (Lipinski definition) is 3. The van der Waals surface area contributed by atoms with Crippen molar-refractivity contribution in [1.82, 2.24) is 0 Å². The molecule has 1 aromatic rings. The maximum absolute atomic E-state index is 10.5. The number of aliphatic hydroxyl groups excluding tert-OH is 1. The van der Waals surface area contributed by atoms with Crippen molar-refractivity contribution in [1.29, 1.82) is 0 Å². The first-order valence-electron chi connectivity index (χ1n) is 5.69. The average molecular weight is 257 g/mol. The lowest BCUT2D eigenvalue weighted by atomic mass is 9.73. The summed E-state index contributed by atoms with van der Waals surface area (Å²) in [5, 5.41) is 11.1. The molecule has 0 spiro atoms. The predicted octanol–water partition coefficient (Wildman–Crippen LogP) is 2.95. The van der Waals surface area contributed by atoms with Crippen LogP contribution in [-0.4, -0.2) is 24.9 Å². The minimum absolute atomic E-state index is 0.474. The molecule has 17 heavy (non-hydrogen) atoms. The van der Waals surface area contributed by atoms with Crippen LogP contribution in [0.5, 0.6) is 5.75 Å². The fourth-order valence-electron chi connectivity index (χ4n) is 2.32. The molecule has 1 N–H and O–H groups in total. The molecule has 94 valence electrons. The van der Waals surface area contributed by atoms with Crippen molar-refractivity contribution < 1.29 is 14.6 Å². The Morgan fingerprint density at radius 2 is 2.06 bits per heavy atom. The first kappa shape index (κ1) is 12.7. The molecule has 1 aliphatic carbocycles. The molecule has 1 aromatic carbocycles. The number of halogens is 1. The molecule has 0 amide bonds. The van der Waals surface area contributed by atoms with Gasteiger partial charge in [-0.3, -0.25) is 0 Å². The Kier molecular flexibility index (Phi) is 3.61. The lowest BCUT2D eigenvalue weighted by Crippen LogP contribution is -2.45. The van der Waals surface area contributed by atoms with E-state index in [1.807, 2.05) is 0 Å². The SMILES string of the molecule is COc1ccc(Cl)cc1C(O)C1(OC)CCC1. The van der Waals surface area contributed by atoms with Gasteiger partial charge in [-0.2, -0.15) is 0 Å². The maximum Gasteiger partial charge on any atom is 0.124 e. The Labute approximate surface area is 106 Å². The first-order chi connectivity index (χ1) is 8.13. The van der Waals surface area contributed by atoms with Crippen LogP contribution >= 0.6 is 11.6 Å². The standard InChI is InChI=1S/C13H17ClO3/c1-16-11-5-4-9(14)8-10(11)12(15)13(17-2)6-3-7-13/h4-5,8,12,15H,3,6-7H2,1-2H3. The maximum atomic E-state index is 10.5. The smallest absolute Gasteiger partial charge is 0.124 e. The zero-order chi connectivity index (χ0) is 12.5. The molecule has 0 saturated heterocycles. The van der Waals surface area contributed by atoms with Crippen molar-refractivity contribution in [3.8, 4) is 5.75 Å². The molecule has 0 aliphatic heterocycles. The average Bonchev–Trinajstić information content (AvgIpc) is 2.28. The van der Waals surface area contributed by atoms with Crippen molar-refractivity contribution in [3.63, 3.8) is 0 Å². The van der Waals surface area contributed by atoms with Gasteiger partial charge in [-0.15, -0.1) is 0 Å². The Bertz CT molecular complexity index is 396. The molecule has 2 rings (SSSR count).